The highest BCUT2D eigenvalue weighted by molar-refractivity contribution is 6.03. The first-order valence-electron chi connectivity index (χ1n) is 9.42. The molecule has 0 aliphatic heterocycles. The van der Waals surface area contributed by atoms with Crippen molar-refractivity contribution in [3.05, 3.63) is 95.6 Å². The molecule has 0 fully saturated rings. The highest BCUT2D eigenvalue weighted by Gasteiger charge is 2.19. The molecule has 0 spiro atoms. The van der Waals surface area contributed by atoms with Gasteiger partial charge in [0.25, 0.3) is 0 Å². The molecule has 0 aliphatic rings. The van der Waals surface area contributed by atoms with Crippen LogP contribution < -0.4 is 9.47 Å². The zero-order valence-electron chi connectivity index (χ0n) is 16.2. The average Bonchev–Trinajstić information content (AvgIpc) is 2.77. The Morgan fingerprint density at radius 3 is 1.97 bits per heavy atom. The number of hydrogen-bond donors (Lipinski definition) is 0. The molecule has 3 rings (SSSR count). The van der Waals surface area contributed by atoms with Gasteiger partial charge in [-0.25, -0.2) is 9.59 Å². The molecule has 0 atom stereocenters. The van der Waals surface area contributed by atoms with E-state index in [2.05, 4.69) is 0 Å². The predicted octanol–water partition coefficient (Wildman–Crippen LogP) is 5.05. The SMILES string of the molecule is CCCOC(=O)c1ccccc1C(=O)Oc1ccc(OCc2ccccc2)cc1. The second-order valence-electron chi connectivity index (χ2n) is 6.32. The largest absolute Gasteiger partial charge is 0.489 e. The molecule has 0 heterocycles. The molecule has 0 amide bonds. The van der Waals surface area contributed by atoms with Crippen LogP contribution in [0.2, 0.25) is 0 Å². The van der Waals surface area contributed by atoms with Crippen molar-refractivity contribution in [2.75, 3.05) is 6.61 Å². The first kappa shape index (κ1) is 20.1. The first-order chi connectivity index (χ1) is 14.2. The highest BCUT2D eigenvalue weighted by Crippen LogP contribution is 2.21. The van der Waals surface area contributed by atoms with Gasteiger partial charge in [0.05, 0.1) is 17.7 Å². The van der Waals surface area contributed by atoms with E-state index in [9.17, 15) is 9.59 Å². The fourth-order valence-corrected chi connectivity index (χ4v) is 2.62. The number of carbonyl (C=O) groups excluding carboxylic acids is 2. The number of esters is 2. The lowest BCUT2D eigenvalue weighted by atomic mass is 10.1. The topological polar surface area (TPSA) is 61.8 Å². The van der Waals surface area contributed by atoms with Gasteiger partial charge in [0.15, 0.2) is 0 Å². The summed E-state index contributed by atoms with van der Waals surface area (Å²) >= 11 is 0. The summed E-state index contributed by atoms with van der Waals surface area (Å²) in [6, 6.07) is 23.0. The van der Waals surface area contributed by atoms with Crippen molar-refractivity contribution in [3.63, 3.8) is 0 Å². The van der Waals surface area contributed by atoms with Crippen molar-refractivity contribution in [1.29, 1.82) is 0 Å². The van der Waals surface area contributed by atoms with Crippen molar-refractivity contribution < 1.29 is 23.8 Å². The Bertz CT molecular complexity index is 949. The third-order valence-electron chi connectivity index (χ3n) is 4.09. The van der Waals surface area contributed by atoms with Crippen LogP contribution in [-0.4, -0.2) is 18.5 Å². The van der Waals surface area contributed by atoms with Gasteiger partial charge in [0, 0.05) is 0 Å². The average molecular weight is 390 g/mol. The molecule has 29 heavy (non-hydrogen) atoms. The Morgan fingerprint density at radius 2 is 1.31 bits per heavy atom. The van der Waals surface area contributed by atoms with Crippen LogP contribution in [0, 0.1) is 0 Å². The van der Waals surface area contributed by atoms with Crippen LogP contribution in [0.3, 0.4) is 0 Å². The second kappa shape index (κ2) is 10.1. The third kappa shape index (κ3) is 5.69. The van der Waals surface area contributed by atoms with E-state index < -0.39 is 11.9 Å². The fourth-order valence-electron chi connectivity index (χ4n) is 2.62. The monoisotopic (exact) mass is 390 g/mol. The van der Waals surface area contributed by atoms with Gasteiger partial charge in [-0.2, -0.15) is 0 Å². The van der Waals surface area contributed by atoms with Crippen LogP contribution in [-0.2, 0) is 11.3 Å². The summed E-state index contributed by atoms with van der Waals surface area (Å²) in [7, 11) is 0. The lowest BCUT2D eigenvalue weighted by Gasteiger charge is -2.10. The maximum atomic E-state index is 12.5. The molecule has 3 aromatic rings. The van der Waals surface area contributed by atoms with E-state index in [1.165, 1.54) is 0 Å². The van der Waals surface area contributed by atoms with Gasteiger partial charge in [0.2, 0.25) is 0 Å². The molecule has 0 N–H and O–H groups in total. The Kier molecular flexibility index (Phi) is 7.00. The van der Waals surface area contributed by atoms with Crippen molar-refractivity contribution in [3.8, 4) is 11.5 Å². The van der Waals surface area contributed by atoms with Gasteiger partial charge in [-0.1, -0.05) is 49.4 Å². The molecule has 0 unspecified atom stereocenters. The lowest BCUT2D eigenvalue weighted by molar-refractivity contribution is 0.0496. The molecule has 148 valence electrons. The summed E-state index contributed by atoms with van der Waals surface area (Å²) in [5.74, 6) is -0.132. The van der Waals surface area contributed by atoms with Crippen molar-refractivity contribution in [2.24, 2.45) is 0 Å². The van der Waals surface area contributed by atoms with E-state index in [0.29, 0.717) is 31.1 Å². The van der Waals surface area contributed by atoms with Crippen LogP contribution >= 0.6 is 0 Å². The Labute approximate surface area is 169 Å². The van der Waals surface area contributed by atoms with Crippen molar-refractivity contribution in [2.45, 2.75) is 20.0 Å². The summed E-state index contributed by atoms with van der Waals surface area (Å²) < 4.78 is 16.3. The molecule has 0 saturated carbocycles. The molecule has 3 aromatic carbocycles. The zero-order chi connectivity index (χ0) is 20.5. The van der Waals surface area contributed by atoms with E-state index >= 15 is 0 Å². The maximum absolute atomic E-state index is 12.5. The van der Waals surface area contributed by atoms with Crippen molar-refractivity contribution >= 4 is 11.9 Å². The molecule has 0 aromatic heterocycles. The highest BCUT2D eigenvalue weighted by atomic mass is 16.5. The minimum absolute atomic E-state index is 0.165. The van der Waals surface area contributed by atoms with Gasteiger partial charge >= 0.3 is 11.9 Å². The maximum Gasteiger partial charge on any atom is 0.344 e. The van der Waals surface area contributed by atoms with Crippen LogP contribution in [0.5, 0.6) is 11.5 Å². The number of hydrogen-bond acceptors (Lipinski definition) is 5. The zero-order valence-corrected chi connectivity index (χ0v) is 16.2. The van der Waals surface area contributed by atoms with E-state index in [1.807, 2.05) is 37.3 Å². The van der Waals surface area contributed by atoms with E-state index in [-0.39, 0.29) is 11.1 Å². The number of rotatable bonds is 8. The number of benzene rings is 3. The van der Waals surface area contributed by atoms with E-state index in [0.717, 1.165) is 5.56 Å². The van der Waals surface area contributed by atoms with Crippen LogP contribution in [0.1, 0.15) is 39.6 Å². The molecule has 0 radical (unpaired) electrons. The van der Waals surface area contributed by atoms with Gasteiger partial charge in [-0.15, -0.1) is 0 Å². The molecular formula is C24H22O5. The minimum Gasteiger partial charge on any atom is -0.489 e. The van der Waals surface area contributed by atoms with Gasteiger partial charge in [-0.3, -0.25) is 0 Å². The Balaban J connectivity index is 1.63. The normalized spacial score (nSPS) is 10.2. The Morgan fingerprint density at radius 1 is 0.724 bits per heavy atom. The standard InChI is InChI=1S/C24H22O5/c1-2-16-27-23(25)21-10-6-7-11-22(21)24(26)29-20-14-12-19(13-15-20)28-17-18-8-4-3-5-9-18/h3-15H,2,16-17H2,1H3. The van der Waals surface area contributed by atoms with Crippen LogP contribution in [0.15, 0.2) is 78.9 Å². The molecule has 5 heteroatoms. The smallest absolute Gasteiger partial charge is 0.344 e. The summed E-state index contributed by atoms with van der Waals surface area (Å²) in [5.41, 5.74) is 1.42. The second-order valence-corrected chi connectivity index (χ2v) is 6.32. The van der Waals surface area contributed by atoms with Crippen molar-refractivity contribution in [1.82, 2.24) is 0 Å². The molecule has 0 saturated heterocycles. The lowest BCUT2D eigenvalue weighted by Crippen LogP contribution is -2.16. The summed E-state index contributed by atoms with van der Waals surface area (Å²) in [6.07, 6.45) is 0.705. The fraction of sp³-hybridized carbons (Fsp3) is 0.167. The molecular weight excluding hydrogens is 368 g/mol. The third-order valence-corrected chi connectivity index (χ3v) is 4.09. The molecule has 5 nitrogen and oxygen atoms in total. The number of carbonyl (C=O) groups is 2. The summed E-state index contributed by atoms with van der Waals surface area (Å²) in [4.78, 5) is 24.7. The van der Waals surface area contributed by atoms with Gasteiger partial charge in [-0.05, 0) is 48.4 Å². The quantitative estimate of drug-likeness (QED) is 0.398. The Hall–Kier alpha value is -3.60. The van der Waals surface area contributed by atoms with E-state index in [4.69, 9.17) is 14.2 Å². The van der Waals surface area contributed by atoms with Crippen LogP contribution in [0.25, 0.3) is 0 Å². The predicted molar refractivity (Wildman–Crippen MR) is 109 cm³/mol. The van der Waals surface area contributed by atoms with Crippen LogP contribution in [0.4, 0.5) is 0 Å². The van der Waals surface area contributed by atoms with E-state index in [1.54, 1.807) is 48.5 Å². The summed E-state index contributed by atoms with van der Waals surface area (Å²) in [6.45, 7) is 2.65. The molecule has 0 aliphatic carbocycles. The van der Waals surface area contributed by atoms with Gasteiger partial charge < -0.3 is 14.2 Å². The number of ether oxygens (including phenoxy) is 3. The summed E-state index contributed by atoms with van der Waals surface area (Å²) in [5, 5.41) is 0. The molecule has 0 bridgehead atoms. The van der Waals surface area contributed by atoms with Gasteiger partial charge in [0.1, 0.15) is 18.1 Å². The first-order valence-corrected chi connectivity index (χ1v) is 9.42. The minimum atomic E-state index is -0.619.